The van der Waals surface area contributed by atoms with Crippen LogP contribution in [0.3, 0.4) is 0 Å². The number of pyridine rings is 1. The zero-order valence-electron chi connectivity index (χ0n) is 19.0. The molecule has 0 amide bonds. The Kier molecular flexibility index (Phi) is 5.32. The van der Waals surface area contributed by atoms with Gasteiger partial charge in [0.25, 0.3) is 0 Å². The zero-order valence-corrected chi connectivity index (χ0v) is 19.8. The lowest BCUT2D eigenvalue weighted by molar-refractivity contribution is 0.000483. The minimum atomic E-state index is -3.28. The van der Waals surface area contributed by atoms with E-state index in [1.807, 2.05) is 37.4 Å². The average molecular weight is 478 g/mol. The standard InChI is InChI=1S/C26H27N3O4S/c1-16-11-22-24-21(17-3-2-4-20(12-17)34(30,31)19-5-6-19)7-8-23(25(24)29-26(22)28-13-16)33-15-18-14-27-9-10-32-18/h2-4,7-8,11-13,18-19,27H,5-6,9-10,14-15H2,1H3,(H,28,29). The fourth-order valence-electron chi connectivity index (χ4n) is 4.65. The van der Waals surface area contributed by atoms with Gasteiger partial charge in [0.2, 0.25) is 0 Å². The zero-order chi connectivity index (χ0) is 23.3. The summed E-state index contributed by atoms with van der Waals surface area (Å²) < 4.78 is 37.8. The van der Waals surface area contributed by atoms with Gasteiger partial charge >= 0.3 is 0 Å². The minimum Gasteiger partial charge on any atom is -0.489 e. The highest BCUT2D eigenvalue weighted by Crippen LogP contribution is 2.40. The summed E-state index contributed by atoms with van der Waals surface area (Å²) in [5.74, 6) is 0.727. The van der Waals surface area contributed by atoms with Gasteiger partial charge in [0.15, 0.2) is 9.84 Å². The molecule has 34 heavy (non-hydrogen) atoms. The Morgan fingerprint density at radius 1 is 1.18 bits per heavy atom. The van der Waals surface area contributed by atoms with Gasteiger partial charge in [0.1, 0.15) is 24.1 Å². The van der Waals surface area contributed by atoms with E-state index in [1.165, 1.54) is 0 Å². The lowest BCUT2D eigenvalue weighted by Crippen LogP contribution is -2.41. The Balaban J connectivity index is 1.47. The van der Waals surface area contributed by atoms with E-state index in [0.29, 0.717) is 18.1 Å². The first-order valence-corrected chi connectivity index (χ1v) is 13.3. The van der Waals surface area contributed by atoms with Gasteiger partial charge in [-0.15, -0.1) is 0 Å². The van der Waals surface area contributed by atoms with E-state index in [9.17, 15) is 8.42 Å². The van der Waals surface area contributed by atoms with Crippen LogP contribution in [-0.2, 0) is 14.6 Å². The van der Waals surface area contributed by atoms with Gasteiger partial charge in [0.05, 0.1) is 22.3 Å². The number of nitrogens with zero attached hydrogens (tertiary/aromatic N) is 1. The van der Waals surface area contributed by atoms with Crippen LogP contribution in [0.5, 0.6) is 5.75 Å². The van der Waals surface area contributed by atoms with Crippen molar-refractivity contribution in [1.29, 1.82) is 0 Å². The van der Waals surface area contributed by atoms with Crippen molar-refractivity contribution >= 4 is 31.8 Å². The fourth-order valence-corrected chi connectivity index (χ4v) is 6.35. The smallest absolute Gasteiger partial charge is 0.181 e. The number of aryl methyl sites for hydroxylation is 1. The molecule has 8 heteroatoms. The molecule has 2 aliphatic rings. The van der Waals surface area contributed by atoms with Gasteiger partial charge in [-0.05, 0) is 66.8 Å². The number of aromatic nitrogens is 2. The summed E-state index contributed by atoms with van der Waals surface area (Å²) in [6, 6.07) is 13.3. The fraction of sp³-hybridized carbons (Fsp3) is 0.346. The Morgan fingerprint density at radius 3 is 2.85 bits per heavy atom. The third kappa shape index (κ3) is 3.85. The Labute approximate surface area is 198 Å². The molecule has 6 rings (SSSR count). The summed E-state index contributed by atoms with van der Waals surface area (Å²) in [4.78, 5) is 8.41. The molecule has 2 fully saturated rings. The number of aromatic amines is 1. The largest absolute Gasteiger partial charge is 0.489 e. The lowest BCUT2D eigenvalue weighted by Gasteiger charge is -2.23. The van der Waals surface area contributed by atoms with Gasteiger partial charge in [0, 0.05) is 30.1 Å². The molecule has 176 valence electrons. The topological polar surface area (TPSA) is 93.3 Å². The number of rotatable bonds is 6. The molecule has 0 spiro atoms. The first-order chi connectivity index (χ1) is 16.5. The summed E-state index contributed by atoms with van der Waals surface area (Å²) in [6.45, 7) is 4.76. The van der Waals surface area contributed by atoms with Crippen molar-refractivity contribution in [2.75, 3.05) is 26.3 Å². The molecular formula is C26H27N3O4S. The molecule has 1 aliphatic carbocycles. The van der Waals surface area contributed by atoms with Gasteiger partial charge in [-0.25, -0.2) is 13.4 Å². The molecular weight excluding hydrogens is 450 g/mol. The van der Waals surface area contributed by atoms with Gasteiger partial charge in [-0.2, -0.15) is 0 Å². The second kappa shape index (κ2) is 8.37. The molecule has 2 aromatic heterocycles. The molecule has 2 aromatic carbocycles. The number of morpholine rings is 1. The third-order valence-electron chi connectivity index (χ3n) is 6.57. The van der Waals surface area contributed by atoms with E-state index in [4.69, 9.17) is 9.47 Å². The maximum Gasteiger partial charge on any atom is 0.181 e. The van der Waals surface area contributed by atoms with Crippen LogP contribution in [0.25, 0.3) is 33.1 Å². The van der Waals surface area contributed by atoms with Gasteiger partial charge < -0.3 is 19.8 Å². The number of benzene rings is 2. The number of ether oxygens (including phenoxy) is 2. The molecule has 1 saturated carbocycles. The normalized spacial score (nSPS) is 19.0. The Morgan fingerprint density at radius 2 is 2.06 bits per heavy atom. The molecule has 0 radical (unpaired) electrons. The van der Waals surface area contributed by atoms with Crippen molar-refractivity contribution in [2.24, 2.45) is 0 Å². The highest BCUT2D eigenvalue weighted by atomic mass is 32.2. The minimum absolute atomic E-state index is 0.00228. The monoisotopic (exact) mass is 477 g/mol. The summed E-state index contributed by atoms with van der Waals surface area (Å²) in [6.07, 6.45) is 3.33. The number of hydrogen-bond acceptors (Lipinski definition) is 6. The van der Waals surface area contributed by atoms with E-state index < -0.39 is 9.84 Å². The van der Waals surface area contributed by atoms with Crippen LogP contribution in [-0.4, -0.2) is 56.0 Å². The van der Waals surface area contributed by atoms with Crippen molar-refractivity contribution in [3.63, 3.8) is 0 Å². The van der Waals surface area contributed by atoms with Gasteiger partial charge in [-0.1, -0.05) is 12.1 Å². The molecule has 1 atom stereocenters. The second-order valence-electron chi connectivity index (χ2n) is 9.18. The Bertz CT molecular complexity index is 1480. The second-order valence-corrected chi connectivity index (χ2v) is 11.4. The first-order valence-electron chi connectivity index (χ1n) is 11.7. The summed E-state index contributed by atoms with van der Waals surface area (Å²) in [5, 5.41) is 5.05. The number of hydrogen-bond donors (Lipinski definition) is 2. The van der Waals surface area contributed by atoms with Crippen molar-refractivity contribution in [2.45, 2.75) is 36.0 Å². The Hall–Kier alpha value is -2.94. The van der Waals surface area contributed by atoms with Crippen LogP contribution in [0, 0.1) is 6.92 Å². The molecule has 2 N–H and O–H groups in total. The van der Waals surface area contributed by atoms with Crippen molar-refractivity contribution < 1.29 is 17.9 Å². The van der Waals surface area contributed by atoms with Crippen molar-refractivity contribution in [3.8, 4) is 16.9 Å². The maximum absolute atomic E-state index is 12.9. The molecule has 4 aromatic rings. The van der Waals surface area contributed by atoms with E-state index in [1.54, 1.807) is 12.1 Å². The van der Waals surface area contributed by atoms with Crippen molar-refractivity contribution in [1.82, 2.24) is 15.3 Å². The first kappa shape index (κ1) is 21.6. The highest BCUT2D eigenvalue weighted by Gasteiger charge is 2.37. The van der Waals surface area contributed by atoms with Crippen LogP contribution < -0.4 is 10.1 Å². The summed E-state index contributed by atoms with van der Waals surface area (Å²) in [7, 11) is -3.28. The molecule has 1 unspecified atom stereocenters. The lowest BCUT2D eigenvalue weighted by atomic mass is 9.99. The summed E-state index contributed by atoms with van der Waals surface area (Å²) in [5.41, 5.74) is 4.49. The number of H-pyrrole nitrogens is 1. The van der Waals surface area contributed by atoms with Crippen LogP contribution in [0.2, 0.25) is 0 Å². The number of sulfone groups is 1. The van der Waals surface area contributed by atoms with E-state index in [-0.39, 0.29) is 11.4 Å². The van der Waals surface area contributed by atoms with Crippen LogP contribution in [0.15, 0.2) is 53.6 Å². The number of fused-ring (bicyclic) bond motifs is 3. The molecule has 1 aliphatic heterocycles. The SMILES string of the molecule is Cc1cnc2[nH]c3c(OCC4CNCCO4)ccc(-c4cccc(S(=O)(=O)C5CC5)c4)c3c2c1. The summed E-state index contributed by atoms with van der Waals surface area (Å²) >= 11 is 0. The quantitative estimate of drug-likeness (QED) is 0.436. The highest BCUT2D eigenvalue weighted by molar-refractivity contribution is 7.92. The molecule has 1 saturated heterocycles. The molecule has 7 nitrogen and oxygen atoms in total. The third-order valence-corrected chi connectivity index (χ3v) is 8.83. The van der Waals surface area contributed by atoms with E-state index >= 15 is 0 Å². The predicted molar refractivity (Wildman–Crippen MR) is 132 cm³/mol. The van der Waals surface area contributed by atoms with Crippen LogP contribution in [0.4, 0.5) is 0 Å². The number of nitrogens with one attached hydrogen (secondary N) is 2. The average Bonchev–Trinajstić information content (AvgIpc) is 3.66. The van der Waals surface area contributed by atoms with E-state index in [2.05, 4.69) is 21.4 Å². The van der Waals surface area contributed by atoms with Crippen LogP contribution >= 0.6 is 0 Å². The maximum atomic E-state index is 12.9. The predicted octanol–water partition coefficient (Wildman–Crippen LogP) is 3.99. The van der Waals surface area contributed by atoms with Crippen LogP contribution in [0.1, 0.15) is 18.4 Å². The van der Waals surface area contributed by atoms with E-state index in [0.717, 1.165) is 70.3 Å². The molecule has 3 heterocycles. The van der Waals surface area contributed by atoms with Gasteiger partial charge in [-0.3, -0.25) is 0 Å². The molecule has 0 bridgehead atoms. The van der Waals surface area contributed by atoms with Crippen molar-refractivity contribution in [3.05, 3.63) is 54.2 Å².